The summed E-state index contributed by atoms with van der Waals surface area (Å²) in [6.07, 6.45) is 0. The SMILES string of the molecule is c1ccc(-c2nc(-n3c4ccccc4c4ccc5sc6ccc7c8ccccc8oc7c6c5c43)nc3ccccc23)cc1.c1ccc(-c2nc(-n3c4ccccc4c4ccc5sc6ccc7c8ccccc8sc7c6c5c43)nc3ccccc23)cc1.c1ccc2c(c1)oc1c2ccc2sc3ccc4c5ccccc5oc4c3c21.c1ccc2c(c1)oc1c2ccc2sc3ccc4c5ccccc5sc4c3c21. The first-order chi connectivity index (χ1) is 69.4. The third kappa shape index (κ3) is 11.6. The van der Waals surface area contributed by atoms with E-state index < -0.39 is 0 Å². The first-order valence-electron chi connectivity index (χ1n) is 46.6. The van der Waals surface area contributed by atoms with Crippen molar-refractivity contribution in [3.05, 3.63) is 400 Å². The molecule has 34 rings (SSSR count). The molecule has 20 aromatic carbocycles. The normalized spacial score (nSPS) is 12.3. The number of aromatic nitrogens is 6. The molecular weight excluding hydrogens is 1830 g/mol. The minimum absolute atomic E-state index is 0.660. The van der Waals surface area contributed by atoms with Crippen LogP contribution in [-0.4, -0.2) is 29.1 Å². The van der Waals surface area contributed by atoms with Crippen molar-refractivity contribution in [2.45, 2.75) is 0 Å². The van der Waals surface area contributed by atoms with Crippen LogP contribution in [0.25, 0.3) is 309 Å². The number of nitrogens with zero attached hydrogens (tertiary/aromatic N) is 6. The van der Waals surface area contributed by atoms with E-state index in [2.05, 4.69) is 355 Å². The van der Waals surface area contributed by atoms with Crippen molar-refractivity contribution in [1.29, 1.82) is 0 Å². The average Bonchev–Trinajstić information content (AvgIpc) is 1.54. The third-order valence-electron chi connectivity index (χ3n) is 28.2. The molecule has 14 heterocycles. The number of hydrogen-bond donors (Lipinski definition) is 0. The number of benzene rings is 20. The van der Waals surface area contributed by atoms with E-state index in [-0.39, 0.29) is 0 Å². The van der Waals surface area contributed by atoms with E-state index in [1.54, 1.807) is 22.7 Å². The number of furan rings is 4. The van der Waals surface area contributed by atoms with Crippen LogP contribution >= 0.6 is 68.0 Å². The summed E-state index contributed by atoms with van der Waals surface area (Å²) >= 11 is 11.1. The van der Waals surface area contributed by atoms with Crippen molar-refractivity contribution in [2.75, 3.05) is 0 Å². The van der Waals surface area contributed by atoms with Crippen molar-refractivity contribution in [3.63, 3.8) is 0 Å². The van der Waals surface area contributed by atoms with Gasteiger partial charge in [0.15, 0.2) is 0 Å². The fraction of sp³-hybridized carbons (Fsp3) is 0. The second-order valence-corrected chi connectivity index (χ2v) is 42.2. The first kappa shape index (κ1) is 78.4. The van der Waals surface area contributed by atoms with E-state index in [1.165, 1.54) is 143 Å². The highest BCUT2D eigenvalue weighted by Gasteiger charge is 2.29. The average molecular weight is 1900 g/mol. The van der Waals surface area contributed by atoms with Crippen LogP contribution in [-0.2, 0) is 0 Å². The smallest absolute Gasteiger partial charge is 0.235 e. The third-order valence-corrected chi connectivity index (χ3v) is 35.1. The van der Waals surface area contributed by atoms with Gasteiger partial charge in [-0.25, -0.2) is 19.9 Å². The van der Waals surface area contributed by atoms with Crippen molar-refractivity contribution in [3.8, 4) is 34.4 Å². The molecule has 0 aliphatic heterocycles. The van der Waals surface area contributed by atoms with Gasteiger partial charge >= 0.3 is 0 Å². The lowest BCUT2D eigenvalue weighted by Gasteiger charge is -2.12. The maximum atomic E-state index is 6.60. The molecule has 0 unspecified atom stereocenters. The molecule has 16 heteroatoms. The Morgan fingerprint density at radius 1 is 0.171 bits per heavy atom. The second kappa shape index (κ2) is 30.3. The Hall–Kier alpha value is -16.8. The van der Waals surface area contributed by atoms with Crippen molar-refractivity contribution in [2.24, 2.45) is 0 Å². The Morgan fingerprint density at radius 3 is 0.814 bits per heavy atom. The van der Waals surface area contributed by atoms with E-state index in [0.717, 1.165) is 154 Å². The van der Waals surface area contributed by atoms with Gasteiger partial charge in [-0.3, -0.25) is 9.13 Å². The monoisotopic (exact) mass is 1890 g/mol. The van der Waals surface area contributed by atoms with E-state index in [9.17, 15) is 0 Å². The lowest BCUT2D eigenvalue weighted by atomic mass is 10.1. The maximum absolute atomic E-state index is 6.60. The van der Waals surface area contributed by atoms with Gasteiger partial charge in [-0.1, -0.05) is 267 Å². The highest BCUT2D eigenvalue weighted by atomic mass is 32.1. The summed E-state index contributed by atoms with van der Waals surface area (Å²) in [7, 11) is 0. The molecule has 0 aliphatic carbocycles. The molecule has 10 nitrogen and oxygen atoms in total. The lowest BCUT2D eigenvalue weighted by Crippen LogP contribution is -2.03. The van der Waals surface area contributed by atoms with Gasteiger partial charge in [0.25, 0.3) is 0 Å². The number of thiophene rings is 6. The largest absolute Gasteiger partial charge is 0.455 e. The molecule has 0 spiro atoms. The summed E-state index contributed by atoms with van der Waals surface area (Å²) < 4.78 is 45.6. The molecule has 0 bridgehead atoms. The van der Waals surface area contributed by atoms with Crippen molar-refractivity contribution < 1.29 is 17.7 Å². The van der Waals surface area contributed by atoms with Gasteiger partial charge in [-0.05, 0) is 133 Å². The van der Waals surface area contributed by atoms with Crippen LogP contribution in [0.4, 0.5) is 0 Å². The Bertz CT molecular complexity index is 10400. The van der Waals surface area contributed by atoms with Crippen LogP contribution in [0.3, 0.4) is 0 Å². The Kier molecular flexibility index (Phi) is 17.0. The van der Waals surface area contributed by atoms with Gasteiger partial charge in [-0.15, -0.1) is 68.0 Å². The summed E-state index contributed by atoms with van der Waals surface area (Å²) in [5, 5.41) is 31.4. The molecule has 140 heavy (non-hydrogen) atoms. The second-order valence-electron chi connectivity index (χ2n) is 35.8. The molecule has 0 saturated heterocycles. The van der Waals surface area contributed by atoms with Crippen LogP contribution in [0.2, 0.25) is 0 Å². The Labute approximate surface area is 816 Å². The number of hydrogen-bond acceptors (Lipinski definition) is 14. The van der Waals surface area contributed by atoms with E-state index >= 15 is 0 Å². The fourth-order valence-electron chi connectivity index (χ4n) is 22.1. The number of para-hydroxylation sites is 8. The van der Waals surface area contributed by atoms with Crippen LogP contribution in [0, 0.1) is 0 Å². The minimum Gasteiger partial charge on any atom is -0.455 e. The zero-order chi connectivity index (χ0) is 91.2. The fourth-order valence-corrected chi connectivity index (χ4v) is 29.2. The summed E-state index contributed by atoms with van der Waals surface area (Å²) in [5.74, 6) is 1.35. The summed E-state index contributed by atoms with van der Waals surface area (Å²) in [4.78, 5) is 21.1. The Balaban J connectivity index is 0.0000000880. The zero-order valence-electron chi connectivity index (χ0n) is 73.9. The molecule has 0 amide bonds. The molecule has 0 aliphatic rings. The standard InChI is InChI=1S/C38H21N3OS.C38H21N3S2.C24H12O2S.C24H12OS2/c1-2-10-22(11-3-1)35-27-14-4-7-15-28(27)39-38(40-35)41-29-16-8-5-12-23(29)25-18-20-31-33(36(25)41)34-32(43-31)21-19-26-24-13-6-9-17-30(24)42-37(26)34;1-2-10-22(11-3-1)35-27-14-4-7-15-28(27)39-38(40-35)41-29-16-8-5-12-23(29)25-18-20-31-33(36(25)41)34-32(42-31)21-19-26-24-13-6-9-17-30(24)43-37(26)34;1-3-7-17-13(5-1)15-9-11-19-21(23(15)25-17)22-20(27-19)12-10-16-14-6-2-4-8-18(14)26-24(16)22;1-3-7-17-13(5-1)15-9-11-19-21(23(15)25-17)22-20(26-19)12-10-16-14-6-2-4-8-18(14)27-24(16)22/h2*1-21H;2*1-12H. The summed E-state index contributed by atoms with van der Waals surface area (Å²) in [6.45, 7) is 0. The van der Waals surface area contributed by atoms with Crippen molar-refractivity contribution >= 4 is 342 Å². The molecule has 34 aromatic rings. The molecule has 652 valence electrons. The van der Waals surface area contributed by atoms with E-state index in [1.807, 2.05) is 99.9 Å². The summed E-state index contributed by atoms with van der Waals surface area (Å²) in [6, 6.07) is 141. The predicted octanol–water partition coefficient (Wildman–Crippen LogP) is 38.0. The zero-order valence-corrected chi connectivity index (χ0v) is 78.8. The van der Waals surface area contributed by atoms with E-state index in [4.69, 9.17) is 37.6 Å². The van der Waals surface area contributed by atoms with Gasteiger partial charge in [0.1, 0.15) is 44.7 Å². The van der Waals surface area contributed by atoms with Gasteiger partial charge < -0.3 is 17.7 Å². The molecule has 14 aromatic heterocycles. The van der Waals surface area contributed by atoms with Crippen LogP contribution < -0.4 is 0 Å². The molecule has 0 atom stereocenters. The highest BCUT2D eigenvalue weighted by Crippen LogP contribution is 2.54. The molecule has 0 radical (unpaired) electrons. The number of fused-ring (bicyclic) bond motifs is 46. The maximum Gasteiger partial charge on any atom is 0.235 e. The first-order valence-corrected chi connectivity index (χ1v) is 51.5. The Morgan fingerprint density at radius 2 is 0.436 bits per heavy atom. The topological polar surface area (TPSA) is 114 Å². The lowest BCUT2D eigenvalue weighted by molar-refractivity contribution is 0.670. The quantitative estimate of drug-likeness (QED) is 0.171. The predicted molar refractivity (Wildman–Crippen MR) is 598 cm³/mol. The minimum atomic E-state index is 0.660. The van der Waals surface area contributed by atoms with Crippen LogP contribution in [0.15, 0.2) is 418 Å². The van der Waals surface area contributed by atoms with Gasteiger partial charge in [0.2, 0.25) is 11.9 Å². The van der Waals surface area contributed by atoms with Crippen LogP contribution in [0.1, 0.15) is 0 Å². The molecule has 0 fully saturated rings. The number of rotatable bonds is 4. The van der Waals surface area contributed by atoms with Crippen molar-refractivity contribution in [1.82, 2.24) is 29.1 Å². The van der Waals surface area contributed by atoms with Gasteiger partial charge in [0, 0.05) is 208 Å². The van der Waals surface area contributed by atoms with Gasteiger partial charge in [0.05, 0.1) is 44.5 Å². The van der Waals surface area contributed by atoms with E-state index in [0.29, 0.717) is 11.9 Å². The molecular formula is C124H66N6O4S6. The van der Waals surface area contributed by atoms with Crippen LogP contribution in [0.5, 0.6) is 0 Å². The summed E-state index contributed by atoms with van der Waals surface area (Å²) in [5.41, 5.74) is 17.9. The highest BCUT2D eigenvalue weighted by molar-refractivity contribution is 7.31. The molecule has 0 N–H and O–H groups in total. The molecule has 0 saturated carbocycles. The van der Waals surface area contributed by atoms with Gasteiger partial charge in [-0.2, -0.15) is 0 Å².